The molecule has 0 unspecified atom stereocenters. The zero-order valence-corrected chi connectivity index (χ0v) is 14.3. The minimum atomic E-state index is 0.0388. The lowest BCUT2D eigenvalue weighted by Crippen LogP contribution is -2.27. The molecule has 0 fully saturated rings. The molecular formula is C16H20N4O3S. The largest absolute Gasteiger partial charge is 0.486 e. The molecule has 1 amide bonds. The first-order chi connectivity index (χ1) is 11.7. The highest BCUT2D eigenvalue weighted by Crippen LogP contribution is 2.34. The molecule has 7 nitrogen and oxygen atoms in total. The summed E-state index contributed by atoms with van der Waals surface area (Å²) in [4.78, 5) is 12.9. The first-order valence-electron chi connectivity index (χ1n) is 7.86. The van der Waals surface area contributed by atoms with E-state index in [2.05, 4.69) is 15.6 Å². The summed E-state index contributed by atoms with van der Waals surface area (Å²) in [6, 6.07) is 5.87. The van der Waals surface area contributed by atoms with Crippen LogP contribution in [0.2, 0.25) is 0 Å². The second-order valence-corrected chi connectivity index (χ2v) is 6.55. The van der Waals surface area contributed by atoms with E-state index in [0.29, 0.717) is 38.5 Å². The van der Waals surface area contributed by atoms with E-state index in [1.165, 1.54) is 0 Å². The molecular weight excluding hydrogens is 328 g/mol. The van der Waals surface area contributed by atoms with Crippen molar-refractivity contribution in [2.45, 2.75) is 24.8 Å². The van der Waals surface area contributed by atoms with Crippen LogP contribution in [0.4, 0.5) is 0 Å². The van der Waals surface area contributed by atoms with Gasteiger partial charge in [-0.15, -0.1) is 16.9 Å². The van der Waals surface area contributed by atoms with E-state index in [1.807, 2.05) is 31.3 Å². The van der Waals surface area contributed by atoms with E-state index >= 15 is 0 Å². The van der Waals surface area contributed by atoms with Crippen LogP contribution in [0.1, 0.15) is 12.1 Å². The molecule has 24 heavy (non-hydrogen) atoms. The maximum absolute atomic E-state index is 11.8. The number of thioether (sulfide) groups is 1. The monoisotopic (exact) mass is 348 g/mol. The van der Waals surface area contributed by atoms with E-state index in [-0.39, 0.29) is 5.91 Å². The van der Waals surface area contributed by atoms with Gasteiger partial charge in [-0.1, -0.05) is 5.21 Å². The summed E-state index contributed by atoms with van der Waals surface area (Å²) in [5.74, 6) is 2.32. The standard InChI is InChI=1S/C16H20N4O3S/c1-12-11-20(19-18-12)6-5-17-16(21)4-9-24-13-2-3-14-15(10-13)23-8-7-22-14/h2-3,10-11H,4-9H2,1H3,(H,17,21). The van der Waals surface area contributed by atoms with Crippen molar-refractivity contribution in [3.8, 4) is 11.5 Å². The number of ether oxygens (including phenoxy) is 2. The predicted octanol–water partition coefficient (Wildman–Crippen LogP) is 1.66. The third-order valence-corrected chi connectivity index (χ3v) is 4.42. The Morgan fingerprint density at radius 3 is 2.96 bits per heavy atom. The molecule has 0 saturated heterocycles. The lowest BCUT2D eigenvalue weighted by molar-refractivity contribution is -0.120. The number of amides is 1. The van der Waals surface area contributed by atoms with Crippen molar-refractivity contribution in [1.82, 2.24) is 20.3 Å². The summed E-state index contributed by atoms with van der Waals surface area (Å²) in [6.07, 6.45) is 2.32. The smallest absolute Gasteiger partial charge is 0.220 e. The third-order valence-electron chi connectivity index (χ3n) is 3.43. The SMILES string of the molecule is Cc1cn(CCNC(=O)CCSc2ccc3c(c2)OCCO3)nn1. The Morgan fingerprint density at radius 2 is 2.17 bits per heavy atom. The highest BCUT2D eigenvalue weighted by atomic mass is 32.2. The number of rotatable bonds is 7. The fourth-order valence-corrected chi connectivity index (χ4v) is 3.16. The van der Waals surface area contributed by atoms with Gasteiger partial charge >= 0.3 is 0 Å². The Balaban J connectivity index is 1.36. The molecule has 1 aromatic carbocycles. The van der Waals surface area contributed by atoms with Crippen molar-refractivity contribution in [1.29, 1.82) is 0 Å². The predicted molar refractivity (Wildman–Crippen MR) is 90.5 cm³/mol. The van der Waals surface area contributed by atoms with Gasteiger partial charge in [-0.2, -0.15) is 0 Å². The molecule has 2 heterocycles. The minimum Gasteiger partial charge on any atom is -0.486 e. The Labute approximate surface area is 144 Å². The van der Waals surface area contributed by atoms with Gasteiger partial charge in [0.05, 0.1) is 12.2 Å². The number of hydrogen-bond acceptors (Lipinski definition) is 6. The van der Waals surface area contributed by atoms with Gasteiger partial charge in [0.1, 0.15) is 13.2 Å². The molecule has 1 aliphatic heterocycles. The number of carbonyl (C=O) groups is 1. The summed E-state index contributed by atoms with van der Waals surface area (Å²) in [5.41, 5.74) is 0.872. The average molecular weight is 348 g/mol. The molecule has 3 rings (SSSR count). The quantitative estimate of drug-likeness (QED) is 0.767. The number of aromatic nitrogens is 3. The van der Waals surface area contributed by atoms with Crippen molar-refractivity contribution >= 4 is 17.7 Å². The van der Waals surface area contributed by atoms with Crippen molar-refractivity contribution in [3.05, 3.63) is 30.1 Å². The van der Waals surface area contributed by atoms with Crippen LogP contribution in [-0.4, -0.2) is 46.4 Å². The van der Waals surface area contributed by atoms with Crippen molar-refractivity contribution < 1.29 is 14.3 Å². The molecule has 0 saturated carbocycles. The lowest BCUT2D eigenvalue weighted by atomic mass is 10.3. The van der Waals surface area contributed by atoms with Crippen molar-refractivity contribution in [2.75, 3.05) is 25.5 Å². The summed E-state index contributed by atoms with van der Waals surface area (Å²) < 4.78 is 12.8. The van der Waals surface area contributed by atoms with E-state index in [9.17, 15) is 4.79 Å². The first kappa shape index (κ1) is 16.6. The van der Waals surface area contributed by atoms with Gasteiger partial charge in [0.2, 0.25) is 5.91 Å². The van der Waals surface area contributed by atoms with Crippen LogP contribution in [0.15, 0.2) is 29.3 Å². The van der Waals surface area contributed by atoms with Gasteiger partial charge in [-0.05, 0) is 25.1 Å². The van der Waals surface area contributed by atoms with Crippen LogP contribution in [0.25, 0.3) is 0 Å². The van der Waals surface area contributed by atoms with Crippen LogP contribution in [0, 0.1) is 6.92 Å². The van der Waals surface area contributed by atoms with Gasteiger partial charge in [0, 0.05) is 29.8 Å². The first-order valence-corrected chi connectivity index (χ1v) is 8.85. The molecule has 8 heteroatoms. The number of nitrogens with one attached hydrogen (secondary N) is 1. The Morgan fingerprint density at radius 1 is 1.33 bits per heavy atom. The molecule has 0 spiro atoms. The summed E-state index contributed by atoms with van der Waals surface area (Å²) in [7, 11) is 0. The fourth-order valence-electron chi connectivity index (χ4n) is 2.28. The number of fused-ring (bicyclic) bond motifs is 1. The Bertz CT molecular complexity index is 704. The minimum absolute atomic E-state index is 0.0388. The number of nitrogens with zero attached hydrogens (tertiary/aromatic N) is 3. The van der Waals surface area contributed by atoms with Crippen LogP contribution < -0.4 is 14.8 Å². The molecule has 0 bridgehead atoms. The highest BCUT2D eigenvalue weighted by Gasteiger charge is 2.12. The molecule has 2 aromatic rings. The lowest BCUT2D eigenvalue weighted by Gasteiger charge is -2.18. The normalized spacial score (nSPS) is 12.9. The van der Waals surface area contributed by atoms with Gasteiger partial charge in [-0.3, -0.25) is 9.48 Å². The Kier molecular flexibility index (Phi) is 5.58. The van der Waals surface area contributed by atoms with E-state index in [0.717, 1.165) is 22.1 Å². The van der Waals surface area contributed by atoms with Crippen LogP contribution in [-0.2, 0) is 11.3 Å². The molecule has 1 aromatic heterocycles. The van der Waals surface area contributed by atoms with Gasteiger partial charge in [0.25, 0.3) is 0 Å². The summed E-state index contributed by atoms with van der Waals surface area (Å²) >= 11 is 1.63. The number of benzene rings is 1. The van der Waals surface area contributed by atoms with Crippen LogP contribution in [0.3, 0.4) is 0 Å². The zero-order chi connectivity index (χ0) is 16.8. The van der Waals surface area contributed by atoms with E-state index in [1.54, 1.807) is 16.4 Å². The molecule has 0 atom stereocenters. The topological polar surface area (TPSA) is 78.3 Å². The van der Waals surface area contributed by atoms with Crippen LogP contribution in [0.5, 0.6) is 11.5 Å². The highest BCUT2D eigenvalue weighted by molar-refractivity contribution is 7.99. The number of carbonyl (C=O) groups excluding carboxylic acids is 1. The van der Waals surface area contributed by atoms with Gasteiger partial charge < -0.3 is 14.8 Å². The fraction of sp³-hybridized carbons (Fsp3) is 0.438. The second kappa shape index (κ2) is 8.05. The third kappa shape index (κ3) is 4.64. The molecule has 128 valence electrons. The van der Waals surface area contributed by atoms with Crippen molar-refractivity contribution in [3.63, 3.8) is 0 Å². The molecule has 1 aliphatic rings. The van der Waals surface area contributed by atoms with E-state index in [4.69, 9.17) is 9.47 Å². The summed E-state index contributed by atoms with van der Waals surface area (Å²) in [6.45, 7) is 4.23. The molecule has 1 N–H and O–H groups in total. The molecule has 0 aliphatic carbocycles. The number of aryl methyl sites for hydroxylation is 1. The maximum atomic E-state index is 11.8. The Hall–Kier alpha value is -2.22. The van der Waals surface area contributed by atoms with Crippen molar-refractivity contribution in [2.24, 2.45) is 0 Å². The number of hydrogen-bond donors (Lipinski definition) is 1. The van der Waals surface area contributed by atoms with Gasteiger partial charge in [0.15, 0.2) is 11.5 Å². The average Bonchev–Trinajstić information content (AvgIpc) is 3.00. The molecule has 0 radical (unpaired) electrons. The van der Waals surface area contributed by atoms with Gasteiger partial charge in [-0.25, -0.2) is 0 Å². The second-order valence-electron chi connectivity index (χ2n) is 5.38. The summed E-state index contributed by atoms with van der Waals surface area (Å²) in [5, 5.41) is 10.7. The van der Waals surface area contributed by atoms with E-state index < -0.39 is 0 Å². The maximum Gasteiger partial charge on any atom is 0.220 e. The zero-order valence-electron chi connectivity index (χ0n) is 13.5. The van der Waals surface area contributed by atoms with Crippen LogP contribution >= 0.6 is 11.8 Å².